The summed E-state index contributed by atoms with van der Waals surface area (Å²) >= 11 is 1.54. The van der Waals surface area contributed by atoms with Crippen LogP contribution in [0.2, 0.25) is 0 Å². The van der Waals surface area contributed by atoms with E-state index in [4.69, 9.17) is 5.73 Å². The van der Waals surface area contributed by atoms with Crippen LogP contribution >= 0.6 is 11.8 Å². The van der Waals surface area contributed by atoms with Crippen molar-refractivity contribution in [3.63, 3.8) is 0 Å². The fourth-order valence-corrected chi connectivity index (χ4v) is 1.73. The molecule has 5 nitrogen and oxygen atoms in total. The van der Waals surface area contributed by atoms with Gasteiger partial charge in [0.15, 0.2) is 0 Å². The Bertz CT molecular complexity index is 381. The number of nitrogens with one attached hydrogen (secondary N) is 1. The topological polar surface area (TPSA) is 80.9 Å². The van der Waals surface area contributed by atoms with Crippen molar-refractivity contribution < 1.29 is 4.79 Å². The van der Waals surface area contributed by atoms with Crippen LogP contribution in [0.25, 0.3) is 0 Å². The standard InChI is InChI=1S/C10H16N4OS/c1-10(2,5-7(11)15)14-8-4-9(16-3)13-6-12-8/h4,6H,5H2,1-3H3,(H2,11,15)(H,12,13,14). The van der Waals surface area contributed by atoms with Crippen LogP contribution in [0.3, 0.4) is 0 Å². The number of hydrogen-bond acceptors (Lipinski definition) is 5. The number of carbonyl (C=O) groups excluding carboxylic acids is 1. The van der Waals surface area contributed by atoms with E-state index in [9.17, 15) is 4.79 Å². The maximum Gasteiger partial charge on any atom is 0.219 e. The summed E-state index contributed by atoms with van der Waals surface area (Å²) in [6.45, 7) is 3.80. The maximum absolute atomic E-state index is 10.9. The molecule has 1 aromatic rings. The van der Waals surface area contributed by atoms with Crippen molar-refractivity contribution in [3.8, 4) is 0 Å². The van der Waals surface area contributed by atoms with Gasteiger partial charge in [-0.05, 0) is 20.1 Å². The Labute approximate surface area is 99.2 Å². The summed E-state index contributed by atoms with van der Waals surface area (Å²) in [4.78, 5) is 19.0. The highest BCUT2D eigenvalue weighted by Gasteiger charge is 2.20. The number of nitrogens with zero attached hydrogens (tertiary/aromatic N) is 2. The van der Waals surface area contributed by atoms with Crippen molar-refractivity contribution in [1.29, 1.82) is 0 Å². The van der Waals surface area contributed by atoms with Crippen LogP contribution in [-0.2, 0) is 4.79 Å². The molecule has 0 aromatic carbocycles. The summed E-state index contributed by atoms with van der Waals surface area (Å²) < 4.78 is 0. The molecule has 0 fully saturated rings. The molecule has 1 amide bonds. The smallest absolute Gasteiger partial charge is 0.219 e. The Balaban J connectivity index is 2.75. The quantitative estimate of drug-likeness (QED) is 0.598. The van der Waals surface area contributed by atoms with Gasteiger partial charge in [0.05, 0.1) is 0 Å². The van der Waals surface area contributed by atoms with Gasteiger partial charge in [-0.25, -0.2) is 9.97 Å². The fraction of sp³-hybridized carbons (Fsp3) is 0.500. The molecule has 6 heteroatoms. The summed E-state index contributed by atoms with van der Waals surface area (Å²) in [7, 11) is 0. The highest BCUT2D eigenvalue weighted by Crippen LogP contribution is 2.19. The third-order valence-electron chi connectivity index (χ3n) is 1.93. The van der Waals surface area contributed by atoms with Crippen LogP contribution in [-0.4, -0.2) is 27.7 Å². The van der Waals surface area contributed by atoms with Gasteiger partial charge in [-0.3, -0.25) is 4.79 Å². The summed E-state index contributed by atoms with van der Waals surface area (Å²) in [6.07, 6.45) is 3.70. The molecule has 16 heavy (non-hydrogen) atoms. The van der Waals surface area contributed by atoms with Crippen LogP contribution in [0.1, 0.15) is 20.3 Å². The number of anilines is 1. The second-order valence-corrected chi connectivity index (χ2v) is 4.92. The van der Waals surface area contributed by atoms with Crippen molar-refractivity contribution >= 4 is 23.5 Å². The molecule has 0 radical (unpaired) electrons. The van der Waals surface area contributed by atoms with Gasteiger partial charge in [0.25, 0.3) is 0 Å². The molecule has 0 bridgehead atoms. The Kier molecular flexibility index (Phi) is 4.12. The van der Waals surface area contributed by atoms with Gasteiger partial charge in [-0.15, -0.1) is 11.8 Å². The minimum absolute atomic E-state index is 0.256. The molecule has 88 valence electrons. The van der Waals surface area contributed by atoms with E-state index in [2.05, 4.69) is 15.3 Å². The van der Waals surface area contributed by atoms with E-state index < -0.39 is 5.54 Å². The summed E-state index contributed by atoms with van der Waals surface area (Å²) in [5.74, 6) is 0.363. The van der Waals surface area contributed by atoms with E-state index in [0.29, 0.717) is 5.82 Å². The highest BCUT2D eigenvalue weighted by atomic mass is 32.2. The molecule has 3 N–H and O–H groups in total. The highest BCUT2D eigenvalue weighted by molar-refractivity contribution is 7.98. The lowest BCUT2D eigenvalue weighted by molar-refractivity contribution is -0.118. The molecule has 0 spiro atoms. The third-order valence-corrected chi connectivity index (χ3v) is 2.58. The van der Waals surface area contributed by atoms with E-state index >= 15 is 0 Å². The lowest BCUT2D eigenvalue weighted by Gasteiger charge is -2.25. The van der Waals surface area contributed by atoms with Crippen molar-refractivity contribution in [3.05, 3.63) is 12.4 Å². The number of thioether (sulfide) groups is 1. The van der Waals surface area contributed by atoms with E-state index in [1.54, 1.807) is 11.8 Å². The lowest BCUT2D eigenvalue weighted by atomic mass is 10.0. The molecule has 1 rings (SSSR count). The summed E-state index contributed by atoms with van der Waals surface area (Å²) in [6, 6.07) is 1.84. The van der Waals surface area contributed by atoms with Crippen molar-refractivity contribution in [1.82, 2.24) is 9.97 Å². The van der Waals surface area contributed by atoms with Gasteiger partial charge in [0.2, 0.25) is 5.91 Å². The first-order valence-electron chi connectivity index (χ1n) is 4.85. The van der Waals surface area contributed by atoms with Crippen molar-refractivity contribution in [2.24, 2.45) is 5.73 Å². The predicted molar refractivity (Wildman–Crippen MR) is 65.3 cm³/mol. The van der Waals surface area contributed by atoms with Crippen LogP contribution in [0, 0.1) is 0 Å². The average Bonchev–Trinajstić information content (AvgIpc) is 2.15. The Morgan fingerprint density at radius 3 is 2.81 bits per heavy atom. The van der Waals surface area contributed by atoms with Gasteiger partial charge in [0, 0.05) is 18.0 Å². The number of carbonyl (C=O) groups is 1. The Hall–Kier alpha value is -1.30. The summed E-state index contributed by atoms with van der Waals surface area (Å²) in [5.41, 5.74) is 4.77. The molecular formula is C10H16N4OS. The number of aromatic nitrogens is 2. The molecule has 0 atom stereocenters. The van der Waals surface area contributed by atoms with E-state index in [0.717, 1.165) is 5.03 Å². The van der Waals surface area contributed by atoms with Crippen LogP contribution < -0.4 is 11.1 Å². The molecule has 0 unspecified atom stereocenters. The van der Waals surface area contributed by atoms with Crippen LogP contribution in [0.4, 0.5) is 5.82 Å². The maximum atomic E-state index is 10.9. The molecule has 1 heterocycles. The second-order valence-electron chi connectivity index (χ2n) is 4.10. The lowest BCUT2D eigenvalue weighted by Crippen LogP contribution is -2.36. The Morgan fingerprint density at radius 1 is 1.56 bits per heavy atom. The van der Waals surface area contributed by atoms with Crippen molar-refractivity contribution in [2.75, 3.05) is 11.6 Å². The van der Waals surface area contributed by atoms with Gasteiger partial charge >= 0.3 is 0 Å². The largest absolute Gasteiger partial charge is 0.370 e. The third kappa shape index (κ3) is 4.06. The van der Waals surface area contributed by atoms with Crippen LogP contribution in [0.15, 0.2) is 17.4 Å². The summed E-state index contributed by atoms with van der Waals surface area (Å²) in [5, 5.41) is 4.04. The fourth-order valence-electron chi connectivity index (χ4n) is 1.35. The Morgan fingerprint density at radius 2 is 2.25 bits per heavy atom. The number of primary amides is 1. The first-order chi connectivity index (χ1) is 7.43. The second kappa shape index (κ2) is 5.16. The first kappa shape index (κ1) is 12.8. The molecule has 0 saturated carbocycles. The van der Waals surface area contributed by atoms with Gasteiger partial charge < -0.3 is 11.1 Å². The monoisotopic (exact) mass is 240 g/mol. The number of hydrogen-bond donors (Lipinski definition) is 2. The van der Waals surface area contributed by atoms with E-state index in [1.807, 2.05) is 26.2 Å². The van der Waals surface area contributed by atoms with Gasteiger partial charge in [-0.1, -0.05) is 0 Å². The molecule has 0 aliphatic rings. The van der Waals surface area contributed by atoms with Gasteiger partial charge in [0.1, 0.15) is 17.2 Å². The first-order valence-corrected chi connectivity index (χ1v) is 6.08. The number of rotatable bonds is 5. The SMILES string of the molecule is CSc1cc(NC(C)(C)CC(N)=O)ncn1. The zero-order chi connectivity index (χ0) is 12.2. The molecule has 0 aliphatic carbocycles. The molecular weight excluding hydrogens is 224 g/mol. The average molecular weight is 240 g/mol. The molecule has 0 aliphatic heterocycles. The minimum Gasteiger partial charge on any atom is -0.370 e. The van der Waals surface area contributed by atoms with Crippen LogP contribution in [0.5, 0.6) is 0 Å². The van der Waals surface area contributed by atoms with E-state index in [-0.39, 0.29) is 12.3 Å². The molecule has 0 saturated heterocycles. The predicted octanol–water partition coefficient (Wildman–Crippen LogP) is 1.26. The van der Waals surface area contributed by atoms with Gasteiger partial charge in [-0.2, -0.15) is 0 Å². The zero-order valence-electron chi connectivity index (χ0n) is 9.65. The zero-order valence-corrected chi connectivity index (χ0v) is 10.5. The minimum atomic E-state index is -0.407. The normalized spacial score (nSPS) is 11.2. The molecule has 1 aromatic heterocycles. The number of nitrogens with two attached hydrogens (primary N) is 1. The van der Waals surface area contributed by atoms with Crippen molar-refractivity contribution in [2.45, 2.75) is 30.8 Å². The van der Waals surface area contributed by atoms with E-state index in [1.165, 1.54) is 6.33 Å². The number of amides is 1.